The van der Waals surface area contributed by atoms with Gasteiger partial charge in [-0.25, -0.2) is 0 Å². The summed E-state index contributed by atoms with van der Waals surface area (Å²) in [6.07, 6.45) is -2.23. The number of hydrogen-bond acceptors (Lipinski definition) is 1. The van der Waals surface area contributed by atoms with Gasteiger partial charge < -0.3 is 4.74 Å². The fourth-order valence-corrected chi connectivity index (χ4v) is 2.02. The molecule has 1 aliphatic rings. The highest BCUT2D eigenvalue weighted by Gasteiger charge is 2.35. The highest BCUT2D eigenvalue weighted by atomic mass is 127. The first kappa shape index (κ1) is 12.0. The maximum Gasteiger partial charge on any atom is 0.420 e. The molecule has 88 valence electrons. The average Bonchev–Trinajstić information content (AvgIpc) is 2.97. The van der Waals surface area contributed by atoms with Crippen molar-refractivity contribution in [1.29, 1.82) is 0 Å². The molecule has 1 fully saturated rings. The third kappa shape index (κ3) is 2.81. The molecule has 0 heterocycles. The minimum atomic E-state index is -4.35. The Morgan fingerprint density at radius 3 is 2.56 bits per heavy atom. The predicted molar refractivity (Wildman–Crippen MR) is 62.4 cm³/mol. The van der Waals surface area contributed by atoms with Crippen LogP contribution >= 0.6 is 22.6 Å². The number of para-hydroxylation sites is 1. The molecule has 1 aromatic rings. The number of rotatable bonds is 3. The molecular formula is C11H10F3IO. The highest BCUT2D eigenvalue weighted by molar-refractivity contribution is 14.1. The van der Waals surface area contributed by atoms with Crippen LogP contribution in [0.5, 0.6) is 5.75 Å². The lowest BCUT2D eigenvalue weighted by atomic mass is 10.2. The average molecular weight is 342 g/mol. The Hall–Kier alpha value is -0.460. The quantitative estimate of drug-likeness (QED) is 0.752. The van der Waals surface area contributed by atoms with Gasteiger partial charge in [-0.1, -0.05) is 6.07 Å². The normalized spacial score (nSPS) is 16.2. The standard InChI is InChI=1S/C11H10F3IO/c12-11(13,14)8-2-1-3-9(15)10(8)16-6-7-4-5-7/h1-3,7H,4-6H2. The van der Waals surface area contributed by atoms with Gasteiger partial charge in [0.25, 0.3) is 0 Å². The van der Waals surface area contributed by atoms with Crippen molar-refractivity contribution in [2.24, 2.45) is 5.92 Å². The molecule has 1 saturated carbocycles. The largest absolute Gasteiger partial charge is 0.492 e. The maximum atomic E-state index is 12.7. The molecule has 0 aromatic heterocycles. The van der Waals surface area contributed by atoms with E-state index in [1.807, 2.05) is 22.6 Å². The molecule has 0 spiro atoms. The maximum absolute atomic E-state index is 12.7. The van der Waals surface area contributed by atoms with Crippen LogP contribution < -0.4 is 4.74 Å². The van der Waals surface area contributed by atoms with Gasteiger partial charge in [0.05, 0.1) is 15.7 Å². The number of ether oxygens (including phenoxy) is 1. The van der Waals surface area contributed by atoms with Crippen LogP contribution in [0.4, 0.5) is 13.2 Å². The van der Waals surface area contributed by atoms with E-state index >= 15 is 0 Å². The van der Waals surface area contributed by atoms with E-state index in [2.05, 4.69) is 0 Å². The summed E-state index contributed by atoms with van der Waals surface area (Å²) in [4.78, 5) is 0. The molecule has 1 nitrogen and oxygen atoms in total. The highest BCUT2D eigenvalue weighted by Crippen LogP contribution is 2.39. The molecule has 5 heteroatoms. The first-order valence-electron chi connectivity index (χ1n) is 4.97. The van der Waals surface area contributed by atoms with E-state index in [1.54, 1.807) is 6.07 Å². The fourth-order valence-electron chi connectivity index (χ4n) is 1.36. The molecule has 0 bridgehead atoms. The molecule has 16 heavy (non-hydrogen) atoms. The van der Waals surface area contributed by atoms with Crippen molar-refractivity contribution in [3.05, 3.63) is 27.3 Å². The second-order valence-corrected chi connectivity index (χ2v) is 5.03. The molecule has 0 unspecified atom stereocenters. The van der Waals surface area contributed by atoms with Gasteiger partial charge in [0.15, 0.2) is 0 Å². The fraction of sp³-hybridized carbons (Fsp3) is 0.455. The number of alkyl halides is 3. The second-order valence-electron chi connectivity index (χ2n) is 3.87. The molecule has 0 radical (unpaired) electrons. The first-order valence-corrected chi connectivity index (χ1v) is 6.05. The minimum absolute atomic E-state index is 0.0255. The van der Waals surface area contributed by atoms with Crippen LogP contribution in [0.3, 0.4) is 0 Å². The lowest BCUT2D eigenvalue weighted by Gasteiger charge is -2.15. The van der Waals surface area contributed by atoms with Crippen LogP contribution in [0.15, 0.2) is 18.2 Å². The number of halogens is 4. The van der Waals surface area contributed by atoms with Crippen molar-refractivity contribution in [2.75, 3.05) is 6.61 Å². The van der Waals surface area contributed by atoms with Crippen molar-refractivity contribution < 1.29 is 17.9 Å². The molecule has 0 atom stereocenters. The molecule has 1 aromatic carbocycles. The summed E-state index contributed by atoms with van der Waals surface area (Å²) >= 11 is 1.87. The minimum Gasteiger partial charge on any atom is -0.492 e. The first-order chi connectivity index (χ1) is 7.48. The lowest BCUT2D eigenvalue weighted by molar-refractivity contribution is -0.139. The van der Waals surface area contributed by atoms with Gasteiger partial charge in [-0.15, -0.1) is 0 Å². The van der Waals surface area contributed by atoms with Gasteiger partial charge in [-0.05, 0) is 53.5 Å². The SMILES string of the molecule is FC(F)(F)c1cccc(I)c1OCC1CC1. The zero-order chi connectivity index (χ0) is 11.8. The smallest absolute Gasteiger partial charge is 0.420 e. The Kier molecular flexibility index (Phi) is 3.32. The van der Waals surface area contributed by atoms with Crippen molar-refractivity contribution in [3.63, 3.8) is 0 Å². The van der Waals surface area contributed by atoms with Crippen LogP contribution in [0.1, 0.15) is 18.4 Å². The van der Waals surface area contributed by atoms with E-state index in [4.69, 9.17) is 4.74 Å². The third-order valence-electron chi connectivity index (χ3n) is 2.43. The van der Waals surface area contributed by atoms with Crippen LogP contribution in [-0.4, -0.2) is 6.61 Å². The molecule has 0 saturated heterocycles. The van der Waals surface area contributed by atoms with Crippen LogP contribution in [0, 0.1) is 9.49 Å². The summed E-state index contributed by atoms with van der Waals surface area (Å²) in [7, 11) is 0. The van der Waals surface area contributed by atoms with E-state index in [1.165, 1.54) is 6.07 Å². The van der Waals surface area contributed by atoms with E-state index in [0.717, 1.165) is 18.9 Å². The lowest BCUT2D eigenvalue weighted by Crippen LogP contribution is -2.11. The Morgan fingerprint density at radius 2 is 2.00 bits per heavy atom. The molecule has 1 aliphatic carbocycles. The van der Waals surface area contributed by atoms with Gasteiger partial charge >= 0.3 is 6.18 Å². The molecule has 2 rings (SSSR count). The van der Waals surface area contributed by atoms with E-state index in [0.29, 0.717) is 16.1 Å². The Bertz CT molecular complexity index is 385. The molecule has 0 aliphatic heterocycles. The monoisotopic (exact) mass is 342 g/mol. The van der Waals surface area contributed by atoms with Crippen LogP contribution in [0.2, 0.25) is 0 Å². The Labute approximate surface area is 105 Å². The zero-order valence-electron chi connectivity index (χ0n) is 8.35. The van der Waals surface area contributed by atoms with Crippen molar-refractivity contribution in [3.8, 4) is 5.75 Å². The summed E-state index contributed by atoms with van der Waals surface area (Å²) in [6.45, 7) is 0.392. The third-order valence-corrected chi connectivity index (χ3v) is 3.28. The summed E-state index contributed by atoms with van der Waals surface area (Å²) in [5, 5.41) is 0. The molecule has 0 amide bonds. The van der Waals surface area contributed by atoms with Gasteiger partial charge in [-0.3, -0.25) is 0 Å². The number of benzene rings is 1. The topological polar surface area (TPSA) is 9.23 Å². The summed E-state index contributed by atoms with van der Waals surface area (Å²) in [5.41, 5.74) is -0.681. The van der Waals surface area contributed by atoms with Crippen molar-refractivity contribution in [2.45, 2.75) is 19.0 Å². The Balaban J connectivity index is 2.24. The second kappa shape index (κ2) is 4.43. The van der Waals surface area contributed by atoms with Gasteiger partial charge in [-0.2, -0.15) is 13.2 Å². The molecule has 0 N–H and O–H groups in total. The summed E-state index contributed by atoms with van der Waals surface area (Å²) < 4.78 is 43.9. The van der Waals surface area contributed by atoms with E-state index in [9.17, 15) is 13.2 Å². The predicted octanol–water partition coefficient (Wildman–Crippen LogP) is 4.10. The summed E-state index contributed by atoms with van der Waals surface area (Å²) in [6, 6.07) is 4.08. The van der Waals surface area contributed by atoms with E-state index in [-0.39, 0.29) is 5.75 Å². The van der Waals surface area contributed by atoms with Crippen molar-refractivity contribution in [1.82, 2.24) is 0 Å². The zero-order valence-corrected chi connectivity index (χ0v) is 10.5. The Morgan fingerprint density at radius 1 is 1.31 bits per heavy atom. The van der Waals surface area contributed by atoms with Gasteiger partial charge in [0, 0.05) is 0 Å². The van der Waals surface area contributed by atoms with Crippen molar-refractivity contribution >= 4 is 22.6 Å². The summed E-state index contributed by atoms with van der Waals surface area (Å²) in [5.74, 6) is 0.416. The van der Waals surface area contributed by atoms with Crippen LogP contribution in [0.25, 0.3) is 0 Å². The molecular weight excluding hydrogens is 332 g/mol. The van der Waals surface area contributed by atoms with Crippen LogP contribution in [-0.2, 0) is 6.18 Å². The number of hydrogen-bond donors (Lipinski definition) is 0. The van der Waals surface area contributed by atoms with Gasteiger partial charge in [0.1, 0.15) is 5.75 Å². The van der Waals surface area contributed by atoms with Gasteiger partial charge in [0.2, 0.25) is 0 Å². The van der Waals surface area contributed by atoms with E-state index < -0.39 is 11.7 Å².